The van der Waals surface area contributed by atoms with Gasteiger partial charge in [0, 0.05) is 7.05 Å². The molecule has 0 radical (unpaired) electrons. The number of aromatic nitrogens is 3. The normalized spacial score (nSPS) is 10.0. The zero-order chi connectivity index (χ0) is 8.27. The Balaban J connectivity index is 2.65. The van der Waals surface area contributed by atoms with Crippen molar-refractivity contribution in [2.45, 2.75) is 13.3 Å². The van der Waals surface area contributed by atoms with Gasteiger partial charge in [-0.25, -0.2) is 9.48 Å². The fraction of sp³-hybridized carbons (Fsp3) is 0.667. The molecule has 0 bridgehead atoms. The lowest BCUT2D eigenvalue weighted by molar-refractivity contribution is 0.291. The highest BCUT2D eigenvalue weighted by atomic mass is 16.5. The Morgan fingerprint density at radius 2 is 2.45 bits per heavy atom. The quantitative estimate of drug-likeness (QED) is 0.666. The van der Waals surface area contributed by atoms with Crippen molar-refractivity contribution in [2.24, 2.45) is 7.05 Å². The zero-order valence-corrected chi connectivity index (χ0v) is 6.63. The average Bonchev–Trinajstić information content (AvgIpc) is 2.28. The summed E-state index contributed by atoms with van der Waals surface area (Å²) in [4.78, 5) is 13.2. The number of nitrogens with one attached hydrogen (secondary N) is 1. The van der Waals surface area contributed by atoms with E-state index in [-0.39, 0.29) is 5.69 Å². The van der Waals surface area contributed by atoms with Crippen LogP contribution in [0, 0.1) is 0 Å². The fourth-order valence-corrected chi connectivity index (χ4v) is 0.643. The van der Waals surface area contributed by atoms with Crippen molar-refractivity contribution in [3.63, 3.8) is 0 Å². The SMILES string of the molecule is CCCOc1nn(C)c(=O)[nH]1. The summed E-state index contributed by atoms with van der Waals surface area (Å²) in [5, 5.41) is 3.77. The Morgan fingerprint density at radius 3 is 2.91 bits per heavy atom. The first kappa shape index (κ1) is 7.84. The van der Waals surface area contributed by atoms with E-state index in [0.29, 0.717) is 12.6 Å². The summed E-state index contributed by atoms with van der Waals surface area (Å²) < 4.78 is 6.27. The van der Waals surface area contributed by atoms with E-state index in [1.54, 1.807) is 7.05 Å². The second-order valence-corrected chi connectivity index (χ2v) is 2.21. The molecule has 1 aromatic heterocycles. The lowest BCUT2D eigenvalue weighted by Crippen LogP contribution is -2.13. The van der Waals surface area contributed by atoms with Crippen molar-refractivity contribution in [1.29, 1.82) is 0 Å². The Labute approximate surface area is 64.0 Å². The van der Waals surface area contributed by atoms with Gasteiger partial charge in [0.25, 0.3) is 0 Å². The highest BCUT2D eigenvalue weighted by Gasteiger charge is 1.99. The summed E-state index contributed by atoms with van der Waals surface area (Å²) >= 11 is 0. The van der Waals surface area contributed by atoms with Crippen LogP contribution in [-0.4, -0.2) is 21.4 Å². The smallest absolute Gasteiger partial charge is 0.345 e. The molecule has 1 aromatic rings. The van der Waals surface area contributed by atoms with Crippen molar-refractivity contribution in [3.05, 3.63) is 10.5 Å². The molecule has 0 fully saturated rings. The Kier molecular flexibility index (Phi) is 2.30. The van der Waals surface area contributed by atoms with Crippen LogP contribution in [0.15, 0.2) is 4.79 Å². The fourth-order valence-electron chi connectivity index (χ4n) is 0.643. The van der Waals surface area contributed by atoms with E-state index in [2.05, 4.69) is 10.1 Å². The number of nitrogens with zero attached hydrogens (tertiary/aromatic N) is 2. The molecule has 0 aliphatic carbocycles. The molecule has 11 heavy (non-hydrogen) atoms. The first-order valence-electron chi connectivity index (χ1n) is 3.50. The minimum atomic E-state index is -0.254. The third-order valence-electron chi connectivity index (χ3n) is 1.19. The van der Waals surface area contributed by atoms with E-state index in [9.17, 15) is 4.79 Å². The molecule has 0 unspecified atom stereocenters. The topological polar surface area (TPSA) is 59.9 Å². The minimum absolute atomic E-state index is 0.254. The molecule has 1 N–H and O–H groups in total. The molecule has 0 atom stereocenters. The molecule has 1 heterocycles. The number of hydrogen-bond donors (Lipinski definition) is 1. The van der Waals surface area contributed by atoms with Crippen LogP contribution in [0.4, 0.5) is 0 Å². The summed E-state index contributed by atoms with van der Waals surface area (Å²) in [7, 11) is 1.57. The van der Waals surface area contributed by atoms with Crippen molar-refractivity contribution in [1.82, 2.24) is 14.8 Å². The van der Waals surface area contributed by atoms with Crippen molar-refractivity contribution in [3.8, 4) is 6.01 Å². The third-order valence-corrected chi connectivity index (χ3v) is 1.19. The maximum absolute atomic E-state index is 10.8. The Bertz CT molecular complexity index is 276. The average molecular weight is 157 g/mol. The molecule has 0 amide bonds. The molecular formula is C6H11N3O2. The summed E-state index contributed by atoms with van der Waals surface area (Å²) in [6.07, 6.45) is 0.901. The second kappa shape index (κ2) is 3.23. The van der Waals surface area contributed by atoms with Gasteiger partial charge in [-0.2, -0.15) is 0 Å². The van der Waals surface area contributed by atoms with E-state index in [0.717, 1.165) is 6.42 Å². The van der Waals surface area contributed by atoms with Crippen LogP contribution in [-0.2, 0) is 7.05 Å². The summed E-state index contributed by atoms with van der Waals surface area (Å²) in [5.74, 6) is 0. The Hall–Kier alpha value is -1.26. The van der Waals surface area contributed by atoms with Crippen LogP contribution in [0.1, 0.15) is 13.3 Å². The molecule has 0 spiro atoms. The zero-order valence-electron chi connectivity index (χ0n) is 6.63. The van der Waals surface area contributed by atoms with Crippen LogP contribution in [0.25, 0.3) is 0 Å². The van der Waals surface area contributed by atoms with Gasteiger partial charge in [0.2, 0.25) is 0 Å². The summed E-state index contributed by atoms with van der Waals surface area (Å²) in [6.45, 7) is 2.56. The molecule has 62 valence electrons. The van der Waals surface area contributed by atoms with E-state index in [1.165, 1.54) is 4.68 Å². The molecule has 0 aromatic carbocycles. The molecule has 0 aliphatic rings. The molecule has 5 nitrogen and oxygen atoms in total. The minimum Gasteiger partial charge on any atom is -0.464 e. The number of rotatable bonds is 3. The third kappa shape index (κ3) is 1.83. The maximum Gasteiger partial charge on any atom is 0.345 e. The largest absolute Gasteiger partial charge is 0.464 e. The summed E-state index contributed by atoms with van der Waals surface area (Å²) in [5.41, 5.74) is -0.254. The van der Waals surface area contributed by atoms with Gasteiger partial charge in [0.05, 0.1) is 6.61 Å². The lowest BCUT2D eigenvalue weighted by atomic mass is 10.5. The van der Waals surface area contributed by atoms with Crippen molar-refractivity contribution in [2.75, 3.05) is 6.61 Å². The number of H-pyrrole nitrogens is 1. The van der Waals surface area contributed by atoms with Crippen LogP contribution in [0.3, 0.4) is 0 Å². The number of aryl methyl sites for hydroxylation is 1. The molecule has 5 heteroatoms. The van der Waals surface area contributed by atoms with Gasteiger partial charge in [0.15, 0.2) is 0 Å². The van der Waals surface area contributed by atoms with Gasteiger partial charge in [-0.15, -0.1) is 5.10 Å². The van der Waals surface area contributed by atoms with Gasteiger partial charge in [-0.3, -0.25) is 4.98 Å². The van der Waals surface area contributed by atoms with Gasteiger partial charge in [-0.1, -0.05) is 6.92 Å². The van der Waals surface area contributed by atoms with Gasteiger partial charge in [-0.05, 0) is 6.42 Å². The highest BCUT2D eigenvalue weighted by Crippen LogP contribution is 1.94. The second-order valence-electron chi connectivity index (χ2n) is 2.21. The van der Waals surface area contributed by atoms with Gasteiger partial charge in [0.1, 0.15) is 0 Å². The van der Waals surface area contributed by atoms with Gasteiger partial charge >= 0.3 is 11.7 Å². The Morgan fingerprint density at radius 1 is 1.73 bits per heavy atom. The van der Waals surface area contributed by atoms with Crippen molar-refractivity contribution < 1.29 is 4.74 Å². The standard InChI is InChI=1S/C6H11N3O2/c1-3-4-11-5-7-6(10)9(2)8-5/h3-4H2,1-2H3,(H,7,8,10). The first-order chi connectivity index (χ1) is 5.24. The van der Waals surface area contributed by atoms with Gasteiger partial charge < -0.3 is 4.74 Å². The maximum atomic E-state index is 10.8. The molecule has 0 aliphatic heterocycles. The monoisotopic (exact) mass is 157 g/mol. The van der Waals surface area contributed by atoms with E-state index >= 15 is 0 Å². The predicted molar refractivity (Wildman–Crippen MR) is 39.6 cm³/mol. The molecule has 1 rings (SSSR count). The summed E-state index contributed by atoms with van der Waals surface area (Å²) in [6, 6.07) is 0.291. The lowest BCUT2D eigenvalue weighted by Gasteiger charge is -1.95. The first-order valence-corrected chi connectivity index (χ1v) is 3.50. The predicted octanol–water partition coefficient (Wildman–Crippen LogP) is -0.103. The molecule has 0 saturated carbocycles. The van der Waals surface area contributed by atoms with E-state index in [1.807, 2.05) is 6.92 Å². The number of hydrogen-bond acceptors (Lipinski definition) is 3. The number of ether oxygens (including phenoxy) is 1. The van der Waals surface area contributed by atoms with Crippen LogP contribution in [0.2, 0.25) is 0 Å². The van der Waals surface area contributed by atoms with Crippen LogP contribution < -0.4 is 10.4 Å². The molecule has 0 saturated heterocycles. The van der Waals surface area contributed by atoms with Crippen LogP contribution >= 0.6 is 0 Å². The number of aromatic amines is 1. The van der Waals surface area contributed by atoms with E-state index < -0.39 is 0 Å². The van der Waals surface area contributed by atoms with Crippen molar-refractivity contribution >= 4 is 0 Å². The molecular weight excluding hydrogens is 146 g/mol. The van der Waals surface area contributed by atoms with E-state index in [4.69, 9.17) is 4.74 Å². The van der Waals surface area contributed by atoms with Crippen LogP contribution in [0.5, 0.6) is 6.01 Å². The highest BCUT2D eigenvalue weighted by molar-refractivity contribution is 4.86.